The largest absolute Gasteiger partial charge is 0.389 e. The number of nitrogens with one attached hydrogen (secondary N) is 1. The molecule has 2 rings (SSSR count). The second-order valence-corrected chi connectivity index (χ2v) is 7.83. The number of urea groups is 1. The van der Waals surface area contributed by atoms with Gasteiger partial charge < -0.3 is 15.3 Å². The molecule has 1 aromatic carbocycles. The first-order chi connectivity index (χ1) is 11.8. The number of hydrogen-bond acceptors (Lipinski definition) is 3. The van der Waals surface area contributed by atoms with Crippen LogP contribution in [0.4, 0.5) is 4.79 Å². The average Bonchev–Trinajstić information content (AvgIpc) is 2.81. The highest BCUT2D eigenvalue weighted by atomic mass is 16.3. The lowest BCUT2D eigenvalue weighted by Gasteiger charge is -2.25. The Labute approximate surface area is 152 Å². The van der Waals surface area contributed by atoms with Crippen molar-refractivity contribution < 1.29 is 9.90 Å². The van der Waals surface area contributed by atoms with Crippen LogP contribution in [0.15, 0.2) is 24.3 Å². The van der Waals surface area contributed by atoms with E-state index in [1.165, 1.54) is 49.2 Å². The molecule has 1 aromatic rings. The van der Waals surface area contributed by atoms with E-state index in [1.54, 1.807) is 20.9 Å². The van der Waals surface area contributed by atoms with Crippen LogP contribution in [-0.4, -0.2) is 53.2 Å². The number of carbonyl (C=O) groups is 1. The van der Waals surface area contributed by atoms with Crippen LogP contribution >= 0.6 is 0 Å². The Kier molecular flexibility index (Phi) is 7.26. The number of nitrogens with zero attached hydrogens (tertiary/aromatic N) is 2. The normalized spacial score (nSPS) is 16.3. The maximum Gasteiger partial charge on any atom is 0.317 e. The predicted molar refractivity (Wildman–Crippen MR) is 101 cm³/mol. The van der Waals surface area contributed by atoms with Crippen molar-refractivity contribution in [2.75, 3.05) is 26.7 Å². The third-order valence-corrected chi connectivity index (χ3v) is 4.54. The molecule has 1 saturated heterocycles. The molecule has 0 unspecified atom stereocenters. The van der Waals surface area contributed by atoms with Gasteiger partial charge >= 0.3 is 6.03 Å². The van der Waals surface area contributed by atoms with Crippen molar-refractivity contribution in [2.45, 2.75) is 58.2 Å². The summed E-state index contributed by atoms with van der Waals surface area (Å²) in [6.07, 6.45) is 5.33. The summed E-state index contributed by atoms with van der Waals surface area (Å²) < 4.78 is 0. The van der Waals surface area contributed by atoms with Crippen LogP contribution in [0.1, 0.15) is 50.7 Å². The Morgan fingerprint density at radius 1 is 1.12 bits per heavy atom. The summed E-state index contributed by atoms with van der Waals surface area (Å²) in [5.74, 6) is 0. The lowest BCUT2D eigenvalue weighted by atomic mass is 10.1. The molecule has 140 valence electrons. The summed E-state index contributed by atoms with van der Waals surface area (Å²) in [6.45, 7) is 7.60. The van der Waals surface area contributed by atoms with E-state index >= 15 is 0 Å². The van der Waals surface area contributed by atoms with E-state index in [-0.39, 0.29) is 6.03 Å². The van der Waals surface area contributed by atoms with Gasteiger partial charge in [0.05, 0.1) is 12.1 Å². The van der Waals surface area contributed by atoms with Gasteiger partial charge in [-0.15, -0.1) is 0 Å². The van der Waals surface area contributed by atoms with Gasteiger partial charge in [-0.2, -0.15) is 0 Å². The number of rotatable bonds is 6. The van der Waals surface area contributed by atoms with Gasteiger partial charge in [0, 0.05) is 20.1 Å². The van der Waals surface area contributed by atoms with Crippen LogP contribution in [-0.2, 0) is 13.1 Å². The zero-order valence-corrected chi connectivity index (χ0v) is 15.9. The van der Waals surface area contributed by atoms with Crippen LogP contribution in [0.25, 0.3) is 0 Å². The molecule has 2 amide bonds. The van der Waals surface area contributed by atoms with Gasteiger partial charge in [0.25, 0.3) is 0 Å². The molecule has 5 heteroatoms. The monoisotopic (exact) mass is 347 g/mol. The van der Waals surface area contributed by atoms with E-state index in [0.717, 1.165) is 12.1 Å². The van der Waals surface area contributed by atoms with Crippen LogP contribution in [0.2, 0.25) is 0 Å². The van der Waals surface area contributed by atoms with Gasteiger partial charge in [-0.25, -0.2) is 4.79 Å². The summed E-state index contributed by atoms with van der Waals surface area (Å²) in [5, 5.41) is 12.7. The van der Waals surface area contributed by atoms with E-state index in [9.17, 15) is 9.90 Å². The Morgan fingerprint density at radius 3 is 2.24 bits per heavy atom. The molecular formula is C20H33N3O2. The molecular weight excluding hydrogens is 314 g/mol. The highest BCUT2D eigenvalue weighted by Crippen LogP contribution is 2.14. The molecule has 1 aliphatic heterocycles. The first kappa shape index (κ1) is 19.7. The van der Waals surface area contributed by atoms with Gasteiger partial charge in [-0.1, -0.05) is 37.1 Å². The molecule has 1 heterocycles. The molecule has 0 bridgehead atoms. The van der Waals surface area contributed by atoms with Gasteiger partial charge in [0.1, 0.15) is 0 Å². The minimum Gasteiger partial charge on any atom is -0.389 e. The van der Waals surface area contributed by atoms with E-state index in [2.05, 4.69) is 34.5 Å². The molecule has 25 heavy (non-hydrogen) atoms. The molecule has 0 aromatic heterocycles. The zero-order chi connectivity index (χ0) is 18.3. The average molecular weight is 348 g/mol. The number of hydrogen-bond donors (Lipinski definition) is 2. The topological polar surface area (TPSA) is 55.8 Å². The standard InChI is InChI=1S/C20H33N3O2/c1-20(2,25)16-22(3)19(24)21-14-17-8-10-18(11-9-17)15-23-12-6-4-5-7-13-23/h8-11,25H,4-7,12-16H2,1-3H3,(H,21,24). The highest BCUT2D eigenvalue weighted by molar-refractivity contribution is 5.73. The molecule has 5 nitrogen and oxygen atoms in total. The fourth-order valence-corrected chi connectivity index (χ4v) is 3.28. The van der Waals surface area contributed by atoms with Crippen molar-refractivity contribution in [3.05, 3.63) is 35.4 Å². The molecule has 0 radical (unpaired) electrons. The maximum absolute atomic E-state index is 12.1. The highest BCUT2D eigenvalue weighted by Gasteiger charge is 2.19. The first-order valence-corrected chi connectivity index (χ1v) is 9.35. The number of amides is 2. The molecule has 0 atom stereocenters. The lowest BCUT2D eigenvalue weighted by molar-refractivity contribution is 0.0531. The Bertz CT molecular complexity index is 529. The SMILES string of the molecule is CN(CC(C)(C)O)C(=O)NCc1ccc(CN2CCCCCC2)cc1. The Morgan fingerprint density at radius 2 is 1.68 bits per heavy atom. The first-order valence-electron chi connectivity index (χ1n) is 9.35. The number of aliphatic hydroxyl groups is 1. The second kappa shape index (κ2) is 9.20. The van der Waals surface area contributed by atoms with Crippen molar-refractivity contribution in [1.29, 1.82) is 0 Å². The second-order valence-electron chi connectivity index (χ2n) is 7.83. The zero-order valence-electron chi connectivity index (χ0n) is 15.9. The molecule has 1 aliphatic rings. The van der Waals surface area contributed by atoms with Crippen LogP contribution < -0.4 is 5.32 Å². The van der Waals surface area contributed by atoms with E-state index in [0.29, 0.717) is 13.1 Å². The number of likely N-dealkylation sites (tertiary alicyclic amines) is 1. The minimum absolute atomic E-state index is 0.171. The molecule has 1 fully saturated rings. The van der Waals surface area contributed by atoms with Gasteiger partial charge in [0.2, 0.25) is 0 Å². The molecule has 0 aliphatic carbocycles. The number of likely N-dealkylation sites (N-methyl/N-ethyl adjacent to an activating group) is 1. The summed E-state index contributed by atoms with van der Waals surface area (Å²) in [6, 6.07) is 8.32. The fraction of sp³-hybridized carbons (Fsp3) is 0.650. The van der Waals surface area contributed by atoms with Crippen molar-refractivity contribution in [3.63, 3.8) is 0 Å². The van der Waals surface area contributed by atoms with Crippen molar-refractivity contribution >= 4 is 6.03 Å². The van der Waals surface area contributed by atoms with E-state index < -0.39 is 5.60 Å². The third kappa shape index (κ3) is 7.45. The third-order valence-electron chi connectivity index (χ3n) is 4.54. The van der Waals surface area contributed by atoms with Crippen LogP contribution in [0.3, 0.4) is 0 Å². The predicted octanol–water partition coefficient (Wildman–Crippen LogP) is 2.97. The van der Waals surface area contributed by atoms with Gasteiger partial charge in [0.15, 0.2) is 0 Å². The van der Waals surface area contributed by atoms with E-state index in [4.69, 9.17) is 0 Å². The minimum atomic E-state index is -0.888. The molecule has 2 N–H and O–H groups in total. The summed E-state index contributed by atoms with van der Waals surface area (Å²) >= 11 is 0. The van der Waals surface area contributed by atoms with Crippen molar-refractivity contribution in [3.8, 4) is 0 Å². The van der Waals surface area contributed by atoms with Crippen LogP contribution in [0.5, 0.6) is 0 Å². The quantitative estimate of drug-likeness (QED) is 0.832. The van der Waals surface area contributed by atoms with Gasteiger partial charge in [-0.05, 0) is 50.9 Å². The van der Waals surface area contributed by atoms with Gasteiger partial charge in [-0.3, -0.25) is 4.90 Å². The van der Waals surface area contributed by atoms with Crippen LogP contribution in [0, 0.1) is 0 Å². The molecule has 0 saturated carbocycles. The Hall–Kier alpha value is -1.59. The number of benzene rings is 1. The summed E-state index contributed by atoms with van der Waals surface area (Å²) in [7, 11) is 1.69. The summed E-state index contributed by atoms with van der Waals surface area (Å²) in [4.78, 5) is 16.1. The number of carbonyl (C=O) groups excluding carboxylic acids is 1. The molecule has 0 spiro atoms. The summed E-state index contributed by atoms with van der Waals surface area (Å²) in [5.41, 5.74) is 1.53. The maximum atomic E-state index is 12.1. The van der Waals surface area contributed by atoms with Crippen molar-refractivity contribution in [1.82, 2.24) is 15.1 Å². The van der Waals surface area contributed by atoms with Crippen molar-refractivity contribution in [2.24, 2.45) is 0 Å². The Balaban J connectivity index is 1.78. The fourth-order valence-electron chi connectivity index (χ4n) is 3.28. The smallest absolute Gasteiger partial charge is 0.317 e. The lowest BCUT2D eigenvalue weighted by Crippen LogP contribution is -2.44. The van der Waals surface area contributed by atoms with E-state index in [1.807, 2.05) is 0 Å².